The molecule has 0 unspecified atom stereocenters. The van der Waals surface area contributed by atoms with Gasteiger partial charge in [-0.3, -0.25) is 14.4 Å². The summed E-state index contributed by atoms with van der Waals surface area (Å²) >= 11 is 12.2. The van der Waals surface area contributed by atoms with E-state index in [1.54, 1.807) is 19.1 Å². The molecule has 0 spiro atoms. The molecule has 0 radical (unpaired) electrons. The van der Waals surface area contributed by atoms with Gasteiger partial charge in [-0.1, -0.05) is 23.2 Å². The number of nitrogens with two attached hydrogens (primary N) is 1. The second-order valence-electron chi connectivity index (χ2n) is 7.01. The number of nitrogens with one attached hydrogen (secondary N) is 3. The number of anilines is 2. The number of halogens is 2. The second-order valence-corrected chi connectivity index (χ2v) is 7.77. The average Bonchev–Trinajstić information content (AvgIpc) is 3.25. The molecule has 11 heteroatoms. The number of amides is 2. The maximum Gasteiger partial charge on any atom is 0.322 e. The molecule has 1 fully saturated rings. The Bertz CT molecular complexity index is 1010. The monoisotopic (exact) mass is 453 g/mol. The molecule has 0 saturated carbocycles. The van der Waals surface area contributed by atoms with E-state index in [2.05, 4.69) is 15.6 Å². The molecule has 3 rings (SSSR count). The van der Waals surface area contributed by atoms with Crippen LogP contribution in [0.1, 0.15) is 33.0 Å². The Morgan fingerprint density at radius 1 is 1.27 bits per heavy atom. The van der Waals surface area contributed by atoms with Crippen molar-refractivity contribution in [2.45, 2.75) is 19.4 Å². The lowest BCUT2D eigenvalue weighted by atomic mass is 10.1. The average molecular weight is 454 g/mol. The highest BCUT2D eigenvalue weighted by atomic mass is 35.5. The Balaban J connectivity index is 1.90. The number of aromatic amines is 1. The predicted octanol–water partition coefficient (Wildman–Crippen LogP) is 2.23. The van der Waals surface area contributed by atoms with Crippen LogP contribution in [0.5, 0.6) is 0 Å². The number of H-pyrrole nitrogens is 1. The van der Waals surface area contributed by atoms with Crippen molar-refractivity contribution >= 4 is 52.4 Å². The number of nitrogens with zero attached hydrogens (tertiary/aromatic N) is 1. The van der Waals surface area contributed by atoms with Crippen LogP contribution in [0, 0.1) is 6.92 Å². The molecule has 2 amide bonds. The van der Waals surface area contributed by atoms with Crippen molar-refractivity contribution in [3.63, 3.8) is 0 Å². The fraction of sp³-hybridized carbons (Fsp3) is 0.316. The van der Waals surface area contributed by atoms with E-state index in [1.807, 2.05) is 4.90 Å². The van der Waals surface area contributed by atoms with Gasteiger partial charge in [0, 0.05) is 30.4 Å². The van der Waals surface area contributed by atoms with Crippen LogP contribution >= 0.6 is 23.2 Å². The van der Waals surface area contributed by atoms with Gasteiger partial charge in [-0.15, -0.1) is 0 Å². The van der Waals surface area contributed by atoms with Crippen LogP contribution < -0.4 is 21.3 Å². The van der Waals surface area contributed by atoms with Crippen molar-refractivity contribution in [3.8, 4) is 0 Å². The number of hydrogen-bond acceptors (Lipinski definition) is 5. The fourth-order valence-electron chi connectivity index (χ4n) is 3.22. The predicted molar refractivity (Wildman–Crippen MR) is 115 cm³/mol. The summed E-state index contributed by atoms with van der Waals surface area (Å²) < 4.78 is 0. The molecule has 30 heavy (non-hydrogen) atoms. The Morgan fingerprint density at radius 2 is 2.00 bits per heavy atom. The summed E-state index contributed by atoms with van der Waals surface area (Å²) in [5.41, 5.74) is 8.04. The van der Waals surface area contributed by atoms with Crippen molar-refractivity contribution in [1.82, 2.24) is 10.3 Å². The van der Waals surface area contributed by atoms with Gasteiger partial charge in [-0.05, 0) is 31.5 Å². The SMILES string of the molecule is Cc1[nH]c(C(=O)Nc2ccc(C(=O)NCC(=O)O)cc2N2CC[C@H](N)C2)c(Cl)c1Cl. The number of aromatic nitrogens is 1. The molecule has 1 aromatic heterocycles. The number of carbonyl (C=O) groups is 3. The van der Waals surface area contributed by atoms with Crippen molar-refractivity contribution in [2.75, 3.05) is 29.9 Å². The first kappa shape index (κ1) is 21.9. The zero-order chi connectivity index (χ0) is 22.0. The standard InChI is InChI=1S/C19H21Cl2N5O4/c1-9-15(20)16(21)17(24-9)19(30)25-12-3-2-10(18(29)23-7-14(27)28)6-13(12)26-5-4-11(22)8-26/h2-3,6,11,24H,4-5,7-8,22H2,1H3,(H,23,29)(H,25,30)(H,27,28)/t11-/m0/s1. The van der Waals surface area contributed by atoms with Crippen molar-refractivity contribution in [1.29, 1.82) is 0 Å². The number of carboxylic acids is 1. The van der Waals surface area contributed by atoms with Gasteiger partial charge in [-0.25, -0.2) is 0 Å². The van der Waals surface area contributed by atoms with Crippen molar-refractivity contribution in [2.24, 2.45) is 5.73 Å². The van der Waals surface area contributed by atoms with Gasteiger partial charge < -0.3 is 31.4 Å². The molecule has 2 aromatic rings. The summed E-state index contributed by atoms with van der Waals surface area (Å²) in [6.07, 6.45) is 0.764. The number of hydrogen-bond donors (Lipinski definition) is 5. The van der Waals surface area contributed by atoms with E-state index in [4.69, 9.17) is 34.0 Å². The first-order valence-corrected chi connectivity index (χ1v) is 9.92. The maximum absolute atomic E-state index is 12.8. The van der Waals surface area contributed by atoms with Crippen LogP contribution in [0.3, 0.4) is 0 Å². The fourth-order valence-corrected chi connectivity index (χ4v) is 3.63. The normalized spacial score (nSPS) is 15.9. The largest absolute Gasteiger partial charge is 0.480 e. The summed E-state index contributed by atoms with van der Waals surface area (Å²) in [6, 6.07) is 4.65. The van der Waals surface area contributed by atoms with E-state index < -0.39 is 24.3 Å². The summed E-state index contributed by atoms with van der Waals surface area (Å²) in [6.45, 7) is 2.41. The van der Waals surface area contributed by atoms with E-state index in [0.29, 0.717) is 30.2 Å². The summed E-state index contributed by atoms with van der Waals surface area (Å²) in [7, 11) is 0. The molecular formula is C19H21Cl2N5O4. The first-order valence-electron chi connectivity index (χ1n) is 9.16. The summed E-state index contributed by atoms with van der Waals surface area (Å²) in [4.78, 5) is 40.6. The smallest absolute Gasteiger partial charge is 0.322 e. The lowest BCUT2D eigenvalue weighted by Gasteiger charge is -2.23. The van der Waals surface area contributed by atoms with Crippen molar-refractivity contribution < 1.29 is 19.5 Å². The number of carbonyl (C=O) groups excluding carboxylic acids is 2. The number of rotatable bonds is 6. The number of benzene rings is 1. The van der Waals surface area contributed by atoms with E-state index in [-0.39, 0.29) is 27.3 Å². The van der Waals surface area contributed by atoms with Crippen LogP contribution in [0.15, 0.2) is 18.2 Å². The third kappa shape index (κ3) is 4.69. The van der Waals surface area contributed by atoms with Crippen molar-refractivity contribution in [3.05, 3.63) is 45.2 Å². The lowest BCUT2D eigenvalue weighted by Crippen LogP contribution is -2.30. The third-order valence-electron chi connectivity index (χ3n) is 4.75. The van der Waals surface area contributed by atoms with E-state index >= 15 is 0 Å². The van der Waals surface area contributed by atoms with E-state index in [9.17, 15) is 14.4 Å². The minimum Gasteiger partial charge on any atom is -0.480 e. The van der Waals surface area contributed by atoms with Crippen LogP contribution in [0.2, 0.25) is 10.0 Å². The number of aliphatic carboxylic acids is 1. The Labute approximate surface area is 182 Å². The van der Waals surface area contributed by atoms with Gasteiger partial charge in [0.05, 0.1) is 21.4 Å². The zero-order valence-corrected chi connectivity index (χ0v) is 17.6. The van der Waals surface area contributed by atoms with Gasteiger partial charge >= 0.3 is 5.97 Å². The number of aryl methyl sites for hydroxylation is 1. The third-order valence-corrected chi connectivity index (χ3v) is 5.70. The Hall–Kier alpha value is -2.75. The Morgan fingerprint density at radius 3 is 2.57 bits per heavy atom. The van der Waals surface area contributed by atoms with Crippen LogP contribution in [0.4, 0.5) is 11.4 Å². The minimum atomic E-state index is -1.14. The quantitative estimate of drug-likeness (QED) is 0.454. The molecular weight excluding hydrogens is 433 g/mol. The van der Waals surface area contributed by atoms with Gasteiger partial charge in [0.2, 0.25) is 0 Å². The highest BCUT2D eigenvalue weighted by Crippen LogP contribution is 2.33. The molecule has 1 aromatic carbocycles. The molecule has 0 bridgehead atoms. The minimum absolute atomic E-state index is 0.0302. The lowest BCUT2D eigenvalue weighted by molar-refractivity contribution is -0.135. The molecule has 1 aliphatic heterocycles. The summed E-state index contributed by atoms with van der Waals surface area (Å²) in [5.74, 6) is -2.16. The Kier molecular flexibility index (Phi) is 6.55. The van der Waals surface area contributed by atoms with E-state index in [1.165, 1.54) is 6.07 Å². The molecule has 160 valence electrons. The molecule has 6 N–H and O–H groups in total. The van der Waals surface area contributed by atoms with Gasteiger partial charge in [0.25, 0.3) is 11.8 Å². The first-order chi connectivity index (χ1) is 14.2. The van der Waals surface area contributed by atoms with Crippen LogP contribution in [-0.2, 0) is 4.79 Å². The molecule has 1 saturated heterocycles. The second kappa shape index (κ2) is 8.95. The van der Waals surface area contributed by atoms with Gasteiger partial charge in [-0.2, -0.15) is 0 Å². The summed E-state index contributed by atoms with van der Waals surface area (Å²) in [5, 5.41) is 14.3. The maximum atomic E-state index is 12.8. The van der Waals surface area contributed by atoms with E-state index in [0.717, 1.165) is 6.42 Å². The number of carboxylic acid groups (broad SMARTS) is 1. The molecule has 1 aliphatic rings. The van der Waals surface area contributed by atoms with Crippen LogP contribution in [-0.4, -0.2) is 53.6 Å². The molecule has 1 atom stereocenters. The van der Waals surface area contributed by atoms with Crippen LogP contribution in [0.25, 0.3) is 0 Å². The molecule has 0 aliphatic carbocycles. The topological polar surface area (TPSA) is 141 Å². The zero-order valence-electron chi connectivity index (χ0n) is 16.1. The molecule has 9 nitrogen and oxygen atoms in total. The highest BCUT2D eigenvalue weighted by Gasteiger charge is 2.25. The van der Waals surface area contributed by atoms with Gasteiger partial charge in [0.1, 0.15) is 12.2 Å². The molecule has 2 heterocycles. The highest BCUT2D eigenvalue weighted by molar-refractivity contribution is 6.44. The van der Waals surface area contributed by atoms with Gasteiger partial charge in [0.15, 0.2) is 0 Å².